The number of anilines is 1. The van der Waals surface area contributed by atoms with E-state index in [0.29, 0.717) is 11.5 Å². The molecule has 1 aliphatic rings. The average molecular weight is 470 g/mol. The van der Waals surface area contributed by atoms with Crippen LogP contribution in [0, 0.1) is 0 Å². The summed E-state index contributed by atoms with van der Waals surface area (Å²) in [4.78, 5) is 2.55. The zero-order valence-electron chi connectivity index (χ0n) is 22.9. The number of rotatable bonds is 17. The third kappa shape index (κ3) is 10.4. The first-order valence-corrected chi connectivity index (χ1v) is 13.8. The number of hydrogen-bond acceptors (Lipinski definition) is 3. The van der Waals surface area contributed by atoms with E-state index in [0.717, 1.165) is 30.0 Å². The molecule has 3 nitrogen and oxygen atoms in total. The molecule has 0 radical (unpaired) electrons. The van der Waals surface area contributed by atoms with Crippen LogP contribution in [0.15, 0.2) is 48.4 Å². The molecule has 34 heavy (non-hydrogen) atoms. The molecular formula is C31H51NO2. The van der Waals surface area contributed by atoms with Crippen molar-refractivity contribution in [3.63, 3.8) is 0 Å². The van der Waals surface area contributed by atoms with Gasteiger partial charge in [-0.1, -0.05) is 105 Å². The van der Waals surface area contributed by atoms with Gasteiger partial charge < -0.3 is 14.4 Å². The van der Waals surface area contributed by atoms with Crippen LogP contribution in [-0.4, -0.2) is 20.2 Å². The Hall–Kier alpha value is -2.16. The van der Waals surface area contributed by atoms with Gasteiger partial charge in [0.15, 0.2) is 0 Å². The normalized spacial score (nSPS) is 12.1. The second-order valence-electron chi connectivity index (χ2n) is 8.96. The van der Waals surface area contributed by atoms with Crippen LogP contribution in [0.2, 0.25) is 0 Å². The van der Waals surface area contributed by atoms with Crippen LogP contribution in [0.4, 0.5) is 5.69 Å². The minimum Gasteiger partial charge on any atom is -0.497 e. The van der Waals surface area contributed by atoms with E-state index in [9.17, 15) is 0 Å². The van der Waals surface area contributed by atoms with E-state index >= 15 is 0 Å². The average Bonchev–Trinajstić information content (AvgIpc) is 2.86. The Bertz CT molecular complexity index is 734. The fourth-order valence-electron chi connectivity index (χ4n) is 4.23. The van der Waals surface area contributed by atoms with Crippen LogP contribution in [0.3, 0.4) is 0 Å². The third-order valence-electron chi connectivity index (χ3n) is 6.31. The maximum atomic E-state index is 6.07. The maximum Gasteiger partial charge on any atom is 0.136 e. The molecule has 1 heterocycles. The lowest BCUT2D eigenvalue weighted by Gasteiger charge is -2.27. The molecule has 0 spiro atoms. The summed E-state index contributed by atoms with van der Waals surface area (Å²) in [7, 11) is 1.62. The van der Waals surface area contributed by atoms with Crippen molar-refractivity contribution in [2.24, 2.45) is 0 Å². The Morgan fingerprint density at radius 2 is 1.38 bits per heavy atom. The molecule has 0 N–H and O–H groups in total. The minimum absolute atomic E-state index is 0.581. The molecule has 3 heteroatoms. The van der Waals surface area contributed by atoms with Crippen LogP contribution < -0.4 is 9.64 Å². The van der Waals surface area contributed by atoms with E-state index in [-0.39, 0.29) is 0 Å². The van der Waals surface area contributed by atoms with Gasteiger partial charge in [0.25, 0.3) is 0 Å². The Labute approximate surface area is 210 Å². The zero-order chi connectivity index (χ0) is 25.2. The van der Waals surface area contributed by atoms with Crippen molar-refractivity contribution in [2.75, 3.05) is 25.1 Å². The number of fused-ring (bicyclic) bond motifs is 1. The molecule has 0 saturated heterocycles. The summed E-state index contributed by atoms with van der Waals surface area (Å²) in [6, 6.07) is 6.56. The van der Waals surface area contributed by atoms with Gasteiger partial charge in [-0.15, -0.1) is 0 Å². The Kier molecular flexibility index (Phi) is 16.0. The fraction of sp³-hybridized carbons (Fsp3) is 0.613. The number of ether oxygens (including phenoxy) is 2. The van der Waals surface area contributed by atoms with Crippen LogP contribution in [0.5, 0.6) is 5.75 Å². The van der Waals surface area contributed by atoms with E-state index in [1.807, 2.05) is 13.8 Å². The van der Waals surface area contributed by atoms with E-state index in [1.54, 1.807) is 7.11 Å². The first-order chi connectivity index (χ1) is 16.6. The minimum atomic E-state index is 0.581. The van der Waals surface area contributed by atoms with Gasteiger partial charge in [0.05, 0.1) is 12.7 Å². The molecule has 1 aliphatic heterocycles. The van der Waals surface area contributed by atoms with Gasteiger partial charge in [-0.3, -0.25) is 0 Å². The van der Waals surface area contributed by atoms with Crippen molar-refractivity contribution in [1.29, 1.82) is 0 Å². The topological polar surface area (TPSA) is 21.7 Å². The lowest BCUT2D eigenvalue weighted by Crippen LogP contribution is -2.26. The van der Waals surface area contributed by atoms with Crippen LogP contribution in [-0.2, 0) is 4.74 Å². The summed E-state index contributed by atoms with van der Waals surface area (Å²) in [5.74, 6) is 2.05. The second kappa shape index (κ2) is 18.2. The molecule has 0 fully saturated rings. The van der Waals surface area contributed by atoms with Crippen molar-refractivity contribution < 1.29 is 9.47 Å². The van der Waals surface area contributed by atoms with Gasteiger partial charge in [0, 0.05) is 30.4 Å². The molecule has 0 amide bonds. The van der Waals surface area contributed by atoms with Crippen LogP contribution in [0.1, 0.15) is 110 Å². The largest absolute Gasteiger partial charge is 0.497 e. The van der Waals surface area contributed by atoms with Crippen molar-refractivity contribution in [3.05, 3.63) is 54.0 Å². The van der Waals surface area contributed by atoms with Crippen LogP contribution in [0.25, 0.3) is 6.08 Å². The van der Waals surface area contributed by atoms with Gasteiger partial charge in [0.2, 0.25) is 0 Å². The van der Waals surface area contributed by atoms with Gasteiger partial charge in [0.1, 0.15) is 17.3 Å². The van der Waals surface area contributed by atoms with E-state index in [2.05, 4.69) is 56.2 Å². The molecule has 0 atom stereocenters. The molecule has 192 valence electrons. The zero-order valence-corrected chi connectivity index (χ0v) is 22.9. The van der Waals surface area contributed by atoms with E-state index < -0.39 is 0 Å². The highest BCUT2D eigenvalue weighted by Gasteiger charge is 2.19. The fourth-order valence-corrected chi connectivity index (χ4v) is 4.23. The van der Waals surface area contributed by atoms with Crippen molar-refractivity contribution >= 4 is 11.8 Å². The second-order valence-corrected chi connectivity index (χ2v) is 8.96. The lowest BCUT2D eigenvalue weighted by atomic mass is 10.0. The van der Waals surface area contributed by atoms with Crippen molar-refractivity contribution in [3.8, 4) is 5.75 Å². The Morgan fingerprint density at radius 1 is 0.853 bits per heavy atom. The summed E-state index contributed by atoms with van der Waals surface area (Å²) in [6.07, 6.45) is 18.0. The summed E-state index contributed by atoms with van der Waals surface area (Å²) >= 11 is 0. The molecule has 0 aromatic heterocycles. The van der Waals surface area contributed by atoms with Crippen molar-refractivity contribution in [2.45, 2.75) is 105 Å². The molecule has 0 bridgehead atoms. The van der Waals surface area contributed by atoms with E-state index in [4.69, 9.17) is 9.47 Å². The summed E-state index contributed by atoms with van der Waals surface area (Å²) < 4.78 is 11.4. The number of unbranched alkanes of at least 4 members (excludes halogenated alkanes) is 10. The molecule has 0 aliphatic carbocycles. The number of hydrogen-bond donors (Lipinski definition) is 0. The standard InChI is InChI=1S/C29H45NO2.C2H6/c1-6-8-10-12-14-16-20-30(21-17-15-13-11-9-7-2)27-19-18-26-22-28(24(3)31-5)25(4)32-29(26)23-27;1-2/h18-19,22-23H,3-4,6-17,20-21H2,1-2,5H3;1-2H3. The highest BCUT2D eigenvalue weighted by molar-refractivity contribution is 5.72. The maximum absolute atomic E-state index is 6.07. The predicted molar refractivity (Wildman–Crippen MR) is 151 cm³/mol. The quantitative estimate of drug-likeness (QED) is 0.167. The van der Waals surface area contributed by atoms with Crippen LogP contribution >= 0.6 is 0 Å². The molecule has 2 rings (SSSR count). The lowest BCUT2D eigenvalue weighted by molar-refractivity contribution is 0.296. The number of benzene rings is 1. The first kappa shape index (κ1) is 29.9. The molecule has 1 aromatic carbocycles. The summed E-state index contributed by atoms with van der Waals surface area (Å²) in [6.45, 7) is 18.8. The molecule has 0 unspecified atom stereocenters. The first-order valence-electron chi connectivity index (χ1n) is 13.8. The summed E-state index contributed by atoms with van der Waals surface area (Å²) in [5, 5.41) is 0. The van der Waals surface area contributed by atoms with Gasteiger partial charge in [-0.25, -0.2) is 0 Å². The molecule has 1 aromatic rings. The van der Waals surface area contributed by atoms with Gasteiger partial charge in [-0.2, -0.15) is 0 Å². The monoisotopic (exact) mass is 469 g/mol. The summed E-state index contributed by atoms with van der Waals surface area (Å²) in [5.41, 5.74) is 3.12. The Balaban J connectivity index is 0.00000281. The van der Waals surface area contributed by atoms with Crippen molar-refractivity contribution in [1.82, 2.24) is 0 Å². The van der Waals surface area contributed by atoms with Gasteiger partial charge in [-0.05, 0) is 31.1 Å². The highest BCUT2D eigenvalue weighted by atomic mass is 16.5. The highest BCUT2D eigenvalue weighted by Crippen LogP contribution is 2.36. The predicted octanol–water partition coefficient (Wildman–Crippen LogP) is 9.69. The third-order valence-corrected chi connectivity index (χ3v) is 6.31. The van der Waals surface area contributed by atoms with E-state index in [1.165, 1.54) is 82.7 Å². The number of methoxy groups -OCH3 is 1. The SMILES string of the molecule is C=C(OC)C1=Cc2ccc(N(CCCCCCCC)CCCCCCCC)cc2OC1=C.CC. The smallest absolute Gasteiger partial charge is 0.136 e. The molecular weight excluding hydrogens is 418 g/mol. The van der Waals surface area contributed by atoms with Gasteiger partial charge >= 0.3 is 0 Å². The number of nitrogens with zero attached hydrogens (tertiary/aromatic N) is 1. The Morgan fingerprint density at radius 3 is 1.91 bits per heavy atom. The molecule has 0 saturated carbocycles.